The molecule has 1 aromatic heterocycles. The lowest BCUT2D eigenvalue weighted by Crippen LogP contribution is -2.28. The first kappa shape index (κ1) is 16.0. The zero-order chi connectivity index (χ0) is 12.1. The molecule has 1 fully saturated rings. The third-order valence-corrected chi connectivity index (χ3v) is 4.64. The fourth-order valence-corrected chi connectivity index (χ4v) is 3.52. The van der Waals surface area contributed by atoms with Crippen LogP contribution in [0, 0.1) is 5.92 Å². The summed E-state index contributed by atoms with van der Waals surface area (Å²) in [6, 6.07) is 4.15. The molecule has 0 spiro atoms. The molecule has 0 radical (unpaired) electrons. The van der Waals surface area contributed by atoms with Gasteiger partial charge in [-0.15, -0.1) is 23.7 Å². The minimum atomic E-state index is 0. The van der Waals surface area contributed by atoms with Gasteiger partial charge in [0.05, 0.1) is 3.79 Å². The summed E-state index contributed by atoms with van der Waals surface area (Å²) in [5.41, 5.74) is 0. The van der Waals surface area contributed by atoms with Crippen molar-refractivity contribution < 1.29 is 4.79 Å². The van der Waals surface area contributed by atoms with Gasteiger partial charge in [-0.1, -0.05) is 0 Å². The summed E-state index contributed by atoms with van der Waals surface area (Å²) in [6.45, 7) is 2.79. The van der Waals surface area contributed by atoms with E-state index >= 15 is 0 Å². The van der Waals surface area contributed by atoms with Crippen LogP contribution in [0.3, 0.4) is 0 Å². The number of carbonyl (C=O) groups excluding carboxylic acids is 1. The van der Waals surface area contributed by atoms with E-state index in [-0.39, 0.29) is 18.3 Å². The lowest BCUT2D eigenvalue weighted by Gasteiger charge is -2.08. The topological polar surface area (TPSA) is 41.1 Å². The summed E-state index contributed by atoms with van der Waals surface area (Å²) in [7, 11) is 0. The van der Waals surface area contributed by atoms with E-state index in [0.717, 1.165) is 36.3 Å². The van der Waals surface area contributed by atoms with Crippen molar-refractivity contribution in [3.63, 3.8) is 0 Å². The van der Waals surface area contributed by atoms with Crippen LogP contribution < -0.4 is 10.6 Å². The molecule has 2 N–H and O–H groups in total. The average molecular weight is 354 g/mol. The Morgan fingerprint density at radius 3 is 3.00 bits per heavy atom. The Morgan fingerprint density at radius 1 is 1.56 bits per heavy atom. The maximum atomic E-state index is 11.6. The second-order valence-electron chi connectivity index (χ2n) is 4.37. The van der Waals surface area contributed by atoms with Crippen LogP contribution in [0.4, 0.5) is 0 Å². The molecule has 0 aliphatic carbocycles. The standard InChI is InChI=1S/C12H17BrN2OS.ClH/c13-11-2-1-10(17-11)4-6-15-12(16)7-9-3-5-14-8-9;/h1-2,9,14H,3-8H2,(H,15,16);1H. The molecule has 6 heteroatoms. The van der Waals surface area contributed by atoms with E-state index in [0.29, 0.717) is 12.3 Å². The van der Waals surface area contributed by atoms with Gasteiger partial charge in [-0.3, -0.25) is 4.79 Å². The quantitative estimate of drug-likeness (QED) is 0.854. The van der Waals surface area contributed by atoms with Crippen molar-refractivity contribution >= 4 is 45.6 Å². The normalized spacial score (nSPS) is 18.4. The lowest BCUT2D eigenvalue weighted by atomic mass is 10.0. The number of rotatable bonds is 5. The monoisotopic (exact) mass is 352 g/mol. The Balaban J connectivity index is 0.00000162. The van der Waals surface area contributed by atoms with Crippen molar-refractivity contribution in [1.29, 1.82) is 0 Å². The lowest BCUT2D eigenvalue weighted by molar-refractivity contribution is -0.121. The average Bonchev–Trinajstić information content (AvgIpc) is 2.90. The van der Waals surface area contributed by atoms with Crippen molar-refractivity contribution in [2.75, 3.05) is 19.6 Å². The van der Waals surface area contributed by atoms with E-state index in [2.05, 4.69) is 32.6 Å². The van der Waals surface area contributed by atoms with Gasteiger partial charge >= 0.3 is 0 Å². The Hall–Kier alpha value is -0.100. The minimum absolute atomic E-state index is 0. The molecule has 1 amide bonds. The smallest absolute Gasteiger partial charge is 0.220 e. The zero-order valence-corrected chi connectivity index (χ0v) is 13.3. The summed E-state index contributed by atoms with van der Waals surface area (Å²) in [5.74, 6) is 0.722. The number of thiophene rings is 1. The predicted octanol–water partition coefficient (Wildman–Crippen LogP) is 2.59. The van der Waals surface area contributed by atoms with E-state index in [1.165, 1.54) is 4.88 Å². The Morgan fingerprint density at radius 2 is 2.39 bits per heavy atom. The van der Waals surface area contributed by atoms with E-state index in [9.17, 15) is 4.79 Å². The molecule has 0 bridgehead atoms. The maximum absolute atomic E-state index is 11.6. The van der Waals surface area contributed by atoms with Gasteiger partial charge in [-0.25, -0.2) is 0 Å². The van der Waals surface area contributed by atoms with Crippen molar-refractivity contribution in [1.82, 2.24) is 10.6 Å². The number of hydrogen-bond acceptors (Lipinski definition) is 3. The minimum Gasteiger partial charge on any atom is -0.356 e. The van der Waals surface area contributed by atoms with Crippen LogP contribution in [0.5, 0.6) is 0 Å². The third kappa shape index (κ3) is 5.26. The number of carbonyl (C=O) groups is 1. The van der Waals surface area contributed by atoms with Gasteiger partial charge in [0.15, 0.2) is 0 Å². The summed E-state index contributed by atoms with van der Waals surface area (Å²) >= 11 is 5.16. The van der Waals surface area contributed by atoms with Crippen LogP contribution in [0.25, 0.3) is 0 Å². The maximum Gasteiger partial charge on any atom is 0.220 e. The molecule has 2 heterocycles. The SMILES string of the molecule is Cl.O=C(CC1CCNC1)NCCc1ccc(Br)s1. The number of nitrogens with one attached hydrogen (secondary N) is 2. The first-order valence-corrected chi connectivity index (χ1v) is 7.56. The van der Waals surface area contributed by atoms with Crippen LogP contribution in [0.1, 0.15) is 17.7 Å². The highest BCUT2D eigenvalue weighted by Crippen LogP contribution is 2.22. The predicted molar refractivity (Wildman–Crippen MR) is 81.6 cm³/mol. The molecular weight excluding hydrogens is 336 g/mol. The summed E-state index contributed by atoms with van der Waals surface area (Å²) in [4.78, 5) is 13.0. The number of hydrogen-bond donors (Lipinski definition) is 2. The van der Waals surface area contributed by atoms with Crippen LogP contribution in [-0.4, -0.2) is 25.5 Å². The van der Waals surface area contributed by atoms with Crippen LogP contribution in [0.15, 0.2) is 15.9 Å². The molecule has 1 unspecified atom stereocenters. The molecule has 2 rings (SSSR count). The molecular formula is C12H18BrClN2OS. The van der Waals surface area contributed by atoms with Crippen molar-refractivity contribution in [3.8, 4) is 0 Å². The van der Waals surface area contributed by atoms with Crippen molar-refractivity contribution in [2.24, 2.45) is 5.92 Å². The van der Waals surface area contributed by atoms with E-state index in [4.69, 9.17) is 0 Å². The molecule has 1 aromatic rings. The molecule has 1 aliphatic heterocycles. The second kappa shape index (κ2) is 8.15. The van der Waals surface area contributed by atoms with Crippen LogP contribution in [0.2, 0.25) is 0 Å². The van der Waals surface area contributed by atoms with Gasteiger partial charge in [0.2, 0.25) is 5.91 Å². The highest BCUT2D eigenvalue weighted by Gasteiger charge is 2.17. The number of halogens is 2. The van der Waals surface area contributed by atoms with E-state index in [1.54, 1.807) is 11.3 Å². The molecule has 3 nitrogen and oxygen atoms in total. The summed E-state index contributed by atoms with van der Waals surface area (Å²) in [6.07, 6.45) is 2.72. The third-order valence-electron chi connectivity index (χ3n) is 2.96. The van der Waals surface area contributed by atoms with Gasteiger partial charge in [-0.2, -0.15) is 0 Å². The first-order chi connectivity index (χ1) is 8.24. The largest absolute Gasteiger partial charge is 0.356 e. The molecule has 1 aliphatic rings. The van der Waals surface area contributed by atoms with Crippen molar-refractivity contribution in [2.45, 2.75) is 19.3 Å². The van der Waals surface area contributed by atoms with Gasteiger partial charge in [0.1, 0.15) is 0 Å². The Kier molecular flexibility index (Phi) is 7.22. The second-order valence-corrected chi connectivity index (χ2v) is 6.92. The summed E-state index contributed by atoms with van der Waals surface area (Å²) in [5, 5.41) is 6.27. The zero-order valence-electron chi connectivity index (χ0n) is 10.1. The molecule has 1 atom stereocenters. The highest BCUT2D eigenvalue weighted by molar-refractivity contribution is 9.11. The fraction of sp³-hybridized carbons (Fsp3) is 0.583. The van der Waals surface area contributed by atoms with E-state index in [1.807, 2.05) is 6.07 Å². The fourth-order valence-electron chi connectivity index (χ4n) is 2.03. The van der Waals surface area contributed by atoms with Crippen LogP contribution in [-0.2, 0) is 11.2 Å². The molecule has 1 saturated heterocycles. The molecule has 0 aromatic carbocycles. The van der Waals surface area contributed by atoms with Gasteiger partial charge in [0.25, 0.3) is 0 Å². The highest BCUT2D eigenvalue weighted by atomic mass is 79.9. The van der Waals surface area contributed by atoms with Gasteiger partial charge in [0, 0.05) is 17.8 Å². The molecule has 102 valence electrons. The van der Waals surface area contributed by atoms with E-state index < -0.39 is 0 Å². The first-order valence-electron chi connectivity index (χ1n) is 5.95. The molecule has 18 heavy (non-hydrogen) atoms. The Labute approximate surface area is 126 Å². The number of amides is 1. The molecule has 0 saturated carbocycles. The van der Waals surface area contributed by atoms with Gasteiger partial charge in [-0.05, 0) is 59.9 Å². The van der Waals surface area contributed by atoms with Crippen molar-refractivity contribution in [3.05, 3.63) is 20.8 Å². The summed E-state index contributed by atoms with van der Waals surface area (Å²) < 4.78 is 1.15. The van der Waals surface area contributed by atoms with Gasteiger partial charge < -0.3 is 10.6 Å². The Bertz CT molecular complexity index is 380. The van der Waals surface area contributed by atoms with Crippen LogP contribution >= 0.6 is 39.7 Å².